The maximum Gasteiger partial charge on any atom is 0.337 e. The lowest BCUT2D eigenvalue weighted by Crippen LogP contribution is -2.16. The van der Waals surface area contributed by atoms with Crippen LogP contribution >= 0.6 is 0 Å². The fraction of sp³-hybridized carbons (Fsp3) is 0.269. The highest BCUT2D eigenvalue weighted by molar-refractivity contribution is 6.14. The largest absolute Gasteiger partial charge is 0.465 e. The van der Waals surface area contributed by atoms with Gasteiger partial charge in [0.2, 0.25) is 0 Å². The lowest BCUT2D eigenvalue weighted by Gasteiger charge is -2.23. The first-order valence-electron chi connectivity index (χ1n) is 11.5. The van der Waals surface area contributed by atoms with Crippen LogP contribution in [0.2, 0.25) is 0 Å². The normalized spacial score (nSPS) is 14.9. The Kier molecular flexibility index (Phi) is 4.69. The van der Waals surface area contributed by atoms with E-state index in [0.29, 0.717) is 33.3 Å². The van der Waals surface area contributed by atoms with E-state index >= 15 is 0 Å². The highest BCUT2D eigenvalue weighted by Crippen LogP contribution is 2.39. The van der Waals surface area contributed by atoms with Gasteiger partial charge in [-0.15, -0.1) is 0 Å². The molecular formula is C26H23N3O5. The summed E-state index contributed by atoms with van der Waals surface area (Å²) in [6.07, 6.45) is 5.45. The van der Waals surface area contributed by atoms with Crippen LogP contribution in [0, 0.1) is 0 Å². The Morgan fingerprint density at radius 1 is 1.06 bits per heavy atom. The first kappa shape index (κ1) is 20.5. The summed E-state index contributed by atoms with van der Waals surface area (Å²) < 4.78 is 12.9. The second kappa shape index (κ2) is 7.76. The van der Waals surface area contributed by atoms with Crippen molar-refractivity contribution in [3.05, 3.63) is 68.6 Å². The lowest BCUT2D eigenvalue weighted by atomic mass is 9.95. The molecule has 172 valence electrons. The molecule has 0 saturated heterocycles. The second-order valence-electron chi connectivity index (χ2n) is 8.86. The molecule has 2 N–H and O–H groups in total. The molecular weight excluding hydrogens is 434 g/mol. The van der Waals surface area contributed by atoms with Crippen molar-refractivity contribution in [3.8, 4) is 11.1 Å². The van der Waals surface area contributed by atoms with E-state index in [0.717, 1.165) is 42.1 Å². The molecule has 0 amide bonds. The summed E-state index contributed by atoms with van der Waals surface area (Å²) >= 11 is 0. The Hall–Kier alpha value is -4.07. The minimum atomic E-state index is -0.434. The van der Waals surface area contributed by atoms with E-state index < -0.39 is 5.97 Å². The zero-order chi connectivity index (χ0) is 23.4. The summed E-state index contributed by atoms with van der Waals surface area (Å²) in [5.41, 5.74) is 3.77. The molecule has 0 spiro atoms. The topological polar surface area (TPSA) is 110 Å². The zero-order valence-electron chi connectivity index (χ0n) is 18.6. The van der Waals surface area contributed by atoms with E-state index in [1.807, 2.05) is 4.68 Å². The number of esters is 1. The molecule has 8 nitrogen and oxygen atoms in total. The van der Waals surface area contributed by atoms with Crippen molar-refractivity contribution in [1.82, 2.24) is 14.8 Å². The van der Waals surface area contributed by atoms with Crippen molar-refractivity contribution < 1.29 is 13.9 Å². The number of hydrogen-bond donors (Lipinski definition) is 2. The molecule has 6 rings (SSSR count). The van der Waals surface area contributed by atoms with E-state index in [2.05, 4.69) is 10.1 Å². The third-order valence-electron chi connectivity index (χ3n) is 6.84. The Morgan fingerprint density at radius 2 is 1.82 bits per heavy atom. The summed E-state index contributed by atoms with van der Waals surface area (Å²) in [6, 6.07) is 11.8. The molecule has 0 aliphatic heterocycles. The highest BCUT2D eigenvalue weighted by Gasteiger charge is 2.25. The smallest absolute Gasteiger partial charge is 0.337 e. The van der Waals surface area contributed by atoms with Crippen LogP contribution < -0.4 is 11.0 Å². The summed E-state index contributed by atoms with van der Waals surface area (Å²) in [4.78, 5) is 40.7. The molecule has 34 heavy (non-hydrogen) atoms. The molecule has 1 saturated carbocycles. The van der Waals surface area contributed by atoms with Crippen LogP contribution in [0.1, 0.15) is 48.5 Å². The molecule has 1 fully saturated rings. The Morgan fingerprint density at radius 3 is 2.56 bits per heavy atom. The van der Waals surface area contributed by atoms with Crippen molar-refractivity contribution in [2.75, 3.05) is 7.11 Å². The molecule has 3 heterocycles. The number of carbonyl (C=O) groups is 1. The molecule has 1 aliphatic carbocycles. The fourth-order valence-corrected chi connectivity index (χ4v) is 5.19. The van der Waals surface area contributed by atoms with E-state index in [4.69, 9.17) is 9.15 Å². The van der Waals surface area contributed by atoms with Crippen molar-refractivity contribution >= 4 is 39.1 Å². The summed E-state index contributed by atoms with van der Waals surface area (Å²) in [6.45, 7) is 0. The van der Waals surface area contributed by atoms with Gasteiger partial charge in [-0.1, -0.05) is 31.4 Å². The maximum absolute atomic E-state index is 13.3. The maximum atomic E-state index is 13.3. The van der Waals surface area contributed by atoms with Crippen LogP contribution in [-0.2, 0) is 4.74 Å². The number of methoxy groups -OCH3 is 1. The first-order valence-corrected chi connectivity index (χ1v) is 11.5. The van der Waals surface area contributed by atoms with Crippen LogP contribution in [0.3, 0.4) is 0 Å². The van der Waals surface area contributed by atoms with Gasteiger partial charge in [0.25, 0.3) is 5.56 Å². The predicted octanol–water partition coefficient (Wildman–Crippen LogP) is 4.88. The number of ether oxygens (including phenoxy) is 1. The Labute approximate surface area is 193 Å². The van der Waals surface area contributed by atoms with Gasteiger partial charge in [0.15, 0.2) is 11.0 Å². The first-order chi connectivity index (χ1) is 16.5. The highest BCUT2D eigenvalue weighted by atomic mass is 16.5. The fourth-order valence-electron chi connectivity index (χ4n) is 5.19. The average Bonchev–Trinajstić information content (AvgIpc) is 3.39. The number of carbonyl (C=O) groups excluding carboxylic acids is 1. The standard InChI is InChI=1S/C26H23N3O5/c1-33-26(32)15-9-7-14(8-10-15)20-21-24(29(28-25(21)31)16-5-3-2-4-6-16)27-22-18-12-11-17(30)13-19(18)34-23(20)22/h7-13,16,27H,2-6H2,1H3,(H,28,31). The molecule has 0 bridgehead atoms. The van der Waals surface area contributed by atoms with Crippen LogP contribution in [0.25, 0.3) is 44.2 Å². The molecule has 0 radical (unpaired) electrons. The number of nitrogens with zero attached hydrogens (tertiary/aromatic N) is 1. The van der Waals surface area contributed by atoms with Crippen molar-refractivity contribution in [3.63, 3.8) is 0 Å². The number of H-pyrrole nitrogens is 2. The SMILES string of the molecule is COC(=O)c1ccc(-c2c3oc4cc(=O)ccc4c3[nH]c3c2c(=O)[nH]n3C2CCCCC2)cc1. The summed E-state index contributed by atoms with van der Waals surface area (Å²) in [5, 5.41) is 4.32. The Balaban J connectivity index is 1.70. The van der Waals surface area contributed by atoms with Gasteiger partial charge < -0.3 is 14.1 Å². The number of aromatic nitrogens is 3. The number of benzene rings is 2. The van der Waals surface area contributed by atoms with E-state index in [9.17, 15) is 14.4 Å². The number of aromatic amines is 2. The van der Waals surface area contributed by atoms with Gasteiger partial charge in [-0.2, -0.15) is 0 Å². The second-order valence-corrected chi connectivity index (χ2v) is 8.86. The minimum absolute atomic E-state index is 0.148. The molecule has 0 atom stereocenters. The van der Waals surface area contributed by atoms with Gasteiger partial charge in [-0.3, -0.25) is 19.4 Å². The van der Waals surface area contributed by atoms with Gasteiger partial charge in [-0.25, -0.2) is 4.79 Å². The van der Waals surface area contributed by atoms with Gasteiger partial charge >= 0.3 is 5.97 Å². The third-order valence-corrected chi connectivity index (χ3v) is 6.84. The molecule has 0 unspecified atom stereocenters. The van der Waals surface area contributed by atoms with Crippen molar-refractivity contribution in [2.45, 2.75) is 38.1 Å². The molecule has 5 aromatic rings. The van der Waals surface area contributed by atoms with E-state index in [1.165, 1.54) is 25.7 Å². The van der Waals surface area contributed by atoms with Crippen LogP contribution in [0.4, 0.5) is 0 Å². The van der Waals surface area contributed by atoms with Gasteiger partial charge in [0.1, 0.15) is 11.2 Å². The number of pyridine rings is 1. The van der Waals surface area contributed by atoms with Crippen LogP contribution in [-0.4, -0.2) is 27.8 Å². The van der Waals surface area contributed by atoms with Crippen molar-refractivity contribution in [2.24, 2.45) is 0 Å². The molecule has 2 aromatic carbocycles. The number of rotatable bonds is 3. The number of fused-ring (bicyclic) bond motifs is 4. The predicted molar refractivity (Wildman–Crippen MR) is 129 cm³/mol. The van der Waals surface area contributed by atoms with E-state index in [-0.39, 0.29) is 17.0 Å². The molecule has 8 heteroatoms. The average molecular weight is 457 g/mol. The van der Waals surface area contributed by atoms with E-state index in [1.54, 1.807) is 30.3 Å². The van der Waals surface area contributed by atoms with Gasteiger partial charge in [0, 0.05) is 17.0 Å². The number of nitrogens with one attached hydrogen (secondary N) is 2. The van der Waals surface area contributed by atoms with Gasteiger partial charge in [-0.05, 0) is 42.7 Å². The monoisotopic (exact) mass is 457 g/mol. The Bertz CT molecular complexity index is 1680. The zero-order valence-corrected chi connectivity index (χ0v) is 18.6. The van der Waals surface area contributed by atoms with Crippen molar-refractivity contribution in [1.29, 1.82) is 0 Å². The molecule has 1 aliphatic rings. The third kappa shape index (κ3) is 3.09. The van der Waals surface area contributed by atoms with Crippen LogP contribution in [0.15, 0.2) is 56.5 Å². The number of furan rings is 1. The number of hydrogen-bond acceptors (Lipinski definition) is 5. The quantitative estimate of drug-likeness (QED) is 0.375. The van der Waals surface area contributed by atoms with Gasteiger partial charge in [0.05, 0.1) is 29.6 Å². The lowest BCUT2D eigenvalue weighted by molar-refractivity contribution is 0.0600. The summed E-state index contributed by atoms with van der Waals surface area (Å²) in [7, 11) is 1.34. The minimum Gasteiger partial charge on any atom is -0.465 e. The summed E-state index contributed by atoms with van der Waals surface area (Å²) in [5.74, 6) is -0.434. The van der Waals surface area contributed by atoms with Crippen LogP contribution in [0.5, 0.6) is 0 Å². The molecule has 3 aromatic heterocycles.